The van der Waals surface area contributed by atoms with Crippen molar-refractivity contribution in [1.82, 2.24) is 0 Å². The quantitative estimate of drug-likeness (QED) is 0.462. The van der Waals surface area contributed by atoms with Crippen molar-refractivity contribution < 1.29 is 19.2 Å². The molecule has 2 fully saturated rings. The van der Waals surface area contributed by atoms with Crippen LogP contribution in [0.25, 0.3) is 0 Å². The molecule has 0 aromatic heterocycles. The summed E-state index contributed by atoms with van der Waals surface area (Å²) < 4.78 is 0. The molecular weight excluding hydrogens is 384 g/mol. The highest BCUT2D eigenvalue weighted by Gasteiger charge is 2.41. The third-order valence-electron chi connectivity index (χ3n) is 6.05. The molecule has 0 spiro atoms. The summed E-state index contributed by atoms with van der Waals surface area (Å²) >= 11 is 0. The van der Waals surface area contributed by atoms with Gasteiger partial charge in [-0.1, -0.05) is 40.0 Å². The number of rotatable bonds is 7. The number of nitrogens with zero attached hydrogens (tertiary/aromatic N) is 4. The summed E-state index contributed by atoms with van der Waals surface area (Å²) in [4.78, 5) is 55.4. The van der Waals surface area contributed by atoms with Gasteiger partial charge >= 0.3 is 0 Å². The molecule has 0 radical (unpaired) electrons. The van der Waals surface area contributed by atoms with E-state index in [2.05, 4.69) is 40.7 Å². The molecule has 0 aromatic carbocycles. The molecule has 8 heteroatoms. The average molecular weight is 417 g/mol. The van der Waals surface area contributed by atoms with Crippen molar-refractivity contribution in [2.75, 3.05) is 19.6 Å². The first kappa shape index (κ1) is 25.6. The van der Waals surface area contributed by atoms with Crippen LogP contribution in [0.1, 0.15) is 72.1 Å². The van der Waals surface area contributed by atoms with E-state index in [4.69, 9.17) is 0 Å². The minimum atomic E-state index is -0.0763. The van der Waals surface area contributed by atoms with E-state index < -0.39 is 0 Å². The van der Waals surface area contributed by atoms with Crippen LogP contribution >= 0.6 is 0 Å². The number of isocyanates is 4. The highest BCUT2D eigenvalue weighted by Crippen LogP contribution is 2.47. The normalized spacial score (nSPS) is 26.2. The van der Waals surface area contributed by atoms with Gasteiger partial charge in [0.05, 0.1) is 25.7 Å². The molecule has 2 unspecified atom stereocenters. The molecule has 2 aliphatic carbocycles. The van der Waals surface area contributed by atoms with E-state index in [1.807, 2.05) is 0 Å². The smallest absolute Gasteiger partial charge is 0.211 e. The highest BCUT2D eigenvalue weighted by molar-refractivity contribution is 5.35. The predicted molar refractivity (Wildman–Crippen MR) is 112 cm³/mol. The third kappa shape index (κ3) is 8.90. The van der Waals surface area contributed by atoms with E-state index in [0.717, 1.165) is 44.9 Å². The van der Waals surface area contributed by atoms with Gasteiger partial charge < -0.3 is 0 Å². The summed E-state index contributed by atoms with van der Waals surface area (Å²) in [6, 6.07) is 0.00750. The molecule has 30 heavy (non-hydrogen) atoms. The Kier molecular flexibility index (Phi) is 10.5. The molecule has 0 heterocycles. The Morgan fingerprint density at radius 1 is 0.733 bits per heavy atom. The number of hydrogen-bond acceptors (Lipinski definition) is 8. The van der Waals surface area contributed by atoms with Gasteiger partial charge in [0.15, 0.2) is 0 Å². The van der Waals surface area contributed by atoms with E-state index >= 15 is 0 Å². The zero-order valence-electron chi connectivity index (χ0n) is 18.3. The Morgan fingerprint density at radius 2 is 1.27 bits per heavy atom. The van der Waals surface area contributed by atoms with Gasteiger partial charge in [0.2, 0.25) is 24.3 Å². The minimum absolute atomic E-state index is 0.00750. The number of hydrogen-bond donors (Lipinski definition) is 0. The molecule has 2 saturated carbocycles. The fraction of sp³-hybridized carbons (Fsp3) is 0.818. The maximum Gasteiger partial charge on any atom is 0.235 e. The van der Waals surface area contributed by atoms with E-state index in [1.54, 1.807) is 24.3 Å². The van der Waals surface area contributed by atoms with Crippen molar-refractivity contribution in [2.45, 2.75) is 78.2 Å². The van der Waals surface area contributed by atoms with Gasteiger partial charge in [-0.25, -0.2) is 39.1 Å². The Hall–Kier alpha value is -2.48. The summed E-state index contributed by atoms with van der Waals surface area (Å²) in [6.07, 6.45) is 14.4. The van der Waals surface area contributed by atoms with Gasteiger partial charge in [-0.05, 0) is 42.9 Å². The molecule has 2 atom stereocenters. The Bertz CT molecular complexity index is 727. The van der Waals surface area contributed by atoms with Crippen molar-refractivity contribution in [1.29, 1.82) is 0 Å². The number of aliphatic imine (C=N–C) groups is 4. The van der Waals surface area contributed by atoms with E-state index in [-0.39, 0.29) is 22.3 Å². The van der Waals surface area contributed by atoms with Crippen molar-refractivity contribution in [3.8, 4) is 0 Å². The van der Waals surface area contributed by atoms with Crippen LogP contribution in [0.3, 0.4) is 0 Å². The summed E-state index contributed by atoms with van der Waals surface area (Å²) in [5, 5.41) is 0. The molecule has 2 aliphatic rings. The van der Waals surface area contributed by atoms with E-state index in [9.17, 15) is 19.2 Å². The van der Waals surface area contributed by atoms with Crippen molar-refractivity contribution in [3.63, 3.8) is 0 Å². The van der Waals surface area contributed by atoms with Gasteiger partial charge in [0.1, 0.15) is 0 Å². The molecular formula is C22H32N4O4. The molecule has 8 nitrogen and oxygen atoms in total. The second-order valence-corrected chi connectivity index (χ2v) is 9.72. The zero-order chi connectivity index (χ0) is 22.5. The van der Waals surface area contributed by atoms with Crippen molar-refractivity contribution >= 4 is 24.3 Å². The van der Waals surface area contributed by atoms with Gasteiger partial charge in [0.25, 0.3) is 0 Å². The fourth-order valence-corrected chi connectivity index (χ4v) is 5.16. The van der Waals surface area contributed by atoms with Crippen LogP contribution in [-0.4, -0.2) is 50.0 Å². The van der Waals surface area contributed by atoms with Crippen LogP contribution in [0.15, 0.2) is 20.0 Å². The summed E-state index contributed by atoms with van der Waals surface area (Å²) in [7, 11) is 0. The maximum atomic E-state index is 10.3. The topological polar surface area (TPSA) is 118 Å². The van der Waals surface area contributed by atoms with Crippen LogP contribution in [0.5, 0.6) is 0 Å². The number of carbonyl (C=O) groups excluding carboxylic acids is 4. The first-order valence-electron chi connectivity index (χ1n) is 10.4. The zero-order valence-corrected chi connectivity index (χ0v) is 18.3. The Balaban J connectivity index is 0.000000303. The lowest BCUT2D eigenvalue weighted by molar-refractivity contribution is 0.0915. The average Bonchev–Trinajstić information content (AvgIpc) is 2.69. The standard InChI is InChI=1S/C12H18N2O2.C10H14N2O2/c1-11(2)4-10(14-9-16)5-12(3,6-11)7-13-8-15;13-8-11-6-10(7-12-9-14)4-2-1-3-5-10/h10H,4-7H2,1-3H3;1-7H2. The molecule has 2 rings (SSSR count). The van der Waals surface area contributed by atoms with E-state index in [1.165, 1.54) is 6.42 Å². The molecule has 164 valence electrons. The third-order valence-corrected chi connectivity index (χ3v) is 6.05. The lowest BCUT2D eigenvalue weighted by Crippen LogP contribution is -2.39. The molecule has 0 N–H and O–H groups in total. The summed E-state index contributed by atoms with van der Waals surface area (Å²) in [5.74, 6) is 0. The van der Waals surface area contributed by atoms with Crippen LogP contribution < -0.4 is 0 Å². The second kappa shape index (κ2) is 12.3. The summed E-state index contributed by atoms with van der Waals surface area (Å²) in [6.45, 7) is 7.75. The lowest BCUT2D eigenvalue weighted by atomic mass is 9.63. The van der Waals surface area contributed by atoms with Crippen LogP contribution in [0, 0.1) is 16.2 Å². The highest BCUT2D eigenvalue weighted by atomic mass is 16.1. The van der Waals surface area contributed by atoms with Gasteiger partial charge in [-0.15, -0.1) is 0 Å². The SMILES string of the molecule is CC1(C)CC(N=C=O)CC(C)(CN=C=O)C1.O=C=NCC1(CN=C=O)CCCCC1. The van der Waals surface area contributed by atoms with Crippen molar-refractivity contribution in [2.24, 2.45) is 36.2 Å². The van der Waals surface area contributed by atoms with Crippen LogP contribution in [-0.2, 0) is 19.2 Å². The van der Waals surface area contributed by atoms with Crippen molar-refractivity contribution in [3.05, 3.63) is 0 Å². The van der Waals surface area contributed by atoms with Crippen LogP contribution in [0.2, 0.25) is 0 Å². The monoisotopic (exact) mass is 416 g/mol. The molecule has 0 amide bonds. The predicted octanol–water partition coefficient (Wildman–Crippen LogP) is 3.85. The van der Waals surface area contributed by atoms with E-state index in [0.29, 0.717) is 19.6 Å². The van der Waals surface area contributed by atoms with Crippen LogP contribution in [0.4, 0.5) is 0 Å². The fourth-order valence-electron chi connectivity index (χ4n) is 5.16. The maximum absolute atomic E-state index is 10.3. The molecule has 0 bridgehead atoms. The molecule has 0 aliphatic heterocycles. The van der Waals surface area contributed by atoms with Gasteiger partial charge in [0, 0.05) is 5.41 Å². The first-order chi connectivity index (χ1) is 14.2. The minimum Gasteiger partial charge on any atom is -0.211 e. The first-order valence-corrected chi connectivity index (χ1v) is 10.4. The molecule has 0 saturated heterocycles. The van der Waals surface area contributed by atoms with Gasteiger partial charge in [-0.3, -0.25) is 0 Å². The Morgan fingerprint density at radius 3 is 1.77 bits per heavy atom. The second-order valence-electron chi connectivity index (χ2n) is 9.72. The largest absolute Gasteiger partial charge is 0.235 e. The Labute approximate surface area is 178 Å². The lowest BCUT2D eigenvalue weighted by Gasteiger charge is -2.44. The molecule has 0 aromatic rings. The summed E-state index contributed by atoms with van der Waals surface area (Å²) in [5.41, 5.74) is -0.0202. The van der Waals surface area contributed by atoms with Gasteiger partial charge in [-0.2, -0.15) is 0 Å².